The van der Waals surface area contributed by atoms with E-state index in [-0.39, 0.29) is 12.5 Å². The first-order valence-corrected chi connectivity index (χ1v) is 7.38. The minimum atomic E-state index is -0.196. The smallest absolute Gasteiger partial charge is 0.246 e. The predicted octanol–water partition coefficient (Wildman–Crippen LogP) is 2.98. The van der Waals surface area contributed by atoms with Gasteiger partial charge in [-0.25, -0.2) is 0 Å². The van der Waals surface area contributed by atoms with Crippen LogP contribution in [0.5, 0.6) is 0 Å². The Hall–Kier alpha value is -1.28. The second-order valence-corrected chi connectivity index (χ2v) is 6.07. The summed E-state index contributed by atoms with van der Waals surface area (Å²) >= 11 is 8.24. The lowest BCUT2D eigenvalue weighted by Gasteiger charge is -2.08. The third kappa shape index (κ3) is 3.24. The molecule has 0 atom stereocenters. The van der Waals surface area contributed by atoms with E-state index in [1.54, 1.807) is 16.8 Å². The minimum absolute atomic E-state index is 0.103. The number of nitrogens with two attached hydrogens (primary N) is 1. The molecule has 0 spiro atoms. The molecule has 7 heteroatoms. The Kier molecular flexibility index (Phi) is 4.54. The molecule has 1 aromatic carbocycles. The van der Waals surface area contributed by atoms with Crippen LogP contribution in [0.25, 0.3) is 0 Å². The monoisotopic (exact) mass is 404 g/mol. The molecule has 0 unspecified atom stereocenters. The van der Waals surface area contributed by atoms with Gasteiger partial charge in [-0.1, -0.05) is 11.6 Å². The number of nitrogens with one attached hydrogen (secondary N) is 1. The highest BCUT2D eigenvalue weighted by molar-refractivity contribution is 14.1. The van der Waals surface area contributed by atoms with E-state index in [2.05, 4.69) is 33.0 Å². The van der Waals surface area contributed by atoms with Gasteiger partial charge in [0.1, 0.15) is 6.54 Å². The topological polar surface area (TPSA) is 72.9 Å². The Labute approximate surface area is 135 Å². The molecule has 1 heterocycles. The van der Waals surface area contributed by atoms with Crippen LogP contribution in [0.15, 0.2) is 18.2 Å². The molecular weight excluding hydrogens is 391 g/mol. The number of amides is 1. The predicted molar refractivity (Wildman–Crippen MR) is 88.9 cm³/mol. The van der Waals surface area contributed by atoms with E-state index in [1.807, 2.05) is 19.9 Å². The van der Waals surface area contributed by atoms with Crippen LogP contribution in [0, 0.1) is 17.4 Å². The maximum absolute atomic E-state index is 12.0. The average molecular weight is 405 g/mol. The van der Waals surface area contributed by atoms with Crippen molar-refractivity contribution in [2.24, 2.45) is 0 Å². The lowest BCUT2D eigenvalue weighted by Crippen LogP contribution is -2.20. The fourth-order valence-electron chi connectivity index (χ4n) is 1.78. The van der Waals surface area contributed by atoms with Gasteiger partial charge in [-0.3, -0.25) is 9.48 Å². The van der Waals surface area contributed by atoms with Gasteiger partial charge in [-0.15, -0.1) is 0 Å². The van der Waals surface area contributed by atoms with E-state index < -0.39 is 0 Å². The van der Waals surface area contributed by atoms with E-state index >= 15 is 0 Å². The average Bonchev–Trinajstić information content (AvgIpc) is 2.61. The van der Waals surface area contributed by atoms with E-state index in [1.165, 1.54) is 0 Å². The fourth-order valence-corrected chi connectivity index (χ4v) is 2.68. The highest BCUT2D eigenvalue weighted by atomic mass is 127. The molecule has 0 saturated carbocycles. The molecule has 0 saturated heterocycles. The number of carbonyl (C=O) groups is 1. The van der Waals surface area contributed by atoms with Crippen molar-refractivity contribution < 1.29 is 4.79 Å². The molecule has 2 aromatic rings. The van der Waals surface area contributed by atoms with Crippen LogP contribution >= 0.6 is 34.2 Å². The van der Waals surface area contributed by atoms with Gasteiger partial charge in [0.25, 0.3) is 0 Å². The molecule has 0 aliphatic heterocycles. The van der Waals surface area contributed by atoms with Crippen LogP contribution in [-0.4, -0.2) is 15.7 Å². The second kappa shape index (κ2) is 6.01. The maximum atomic E-state index is 12.0. The number of aromatic nitrogens is 2. The zero-order valence-corrected chi connectivity index (χ0v) is 14.0. The highest BCUT2D eigenvalue weighted by Crippen LogP contribution is 2.24. The summed E-state index contributed by atoms with van der Waals surface area (Å²) in [5.74, 6) is -0.196. The number of benzene rings is 1. The number of anilines is 2. The number of halogens is 2. The van der Waals surface area contributed by atoms with Gasteiger partial charge in [-0.05, 0) is 54.6 Å². The summed E-state index contributed by atoms with van der Waals surface area (Å²) in [6, 6.07) is 5.44. The van der Waals surface area contributed by atoms with Gasteiger partial charge >= 0.3 is 0 Å². The molecule has 0 aliphatic rings. The van der Waals surface area contributed by atoms with Gasteiger partial charge in [0.2, 0.25) is 5.91 Å². The number of aryl methyl sites for hydroxylation is 1. The van der Waals surface area contributed by atoms with Crippen molar-refractivity contribution in [3.8, 4) is 0 Å². The van der Waals surface area contributed by atoms with E-state index in [4.69, 9.17) is 17.3 Å². The van der Waals surface area contributed by atoms with Crippen molar-refractivity contribution in [3.05, 3.63) is 38.2 Å². The Balaban J connectivity index is 2.11. The van der Waals surface area contributed by atoms with Crippen molar-refractivity contribution in [3.63, 3.8) is 0 Å². The van der Waals surface area contributed by atoms with Gasteiger partial charge in [0.15, 0.2) is 0 Å². The maximum Gasteiger partial charge on any atom is 0.246 e. The summed E-state index contributed by atoms with van der Waals surface area (Å²) in [5.41, 5.74) is 8.55. The Morgan fingerprint density at radius 1 is 1.50 bits per heavy atom. The van der Waals surface area contributed by atoms with Gasteiger partial charge < -0.3 is 11.1 Å². The molecule has 1 aromatic heterocycles. The number of hydrogen-bond donors (Lipinski definition) is 2. The highest BCUT2D eigenvalue weighted by Gasteiger charge is 2.12. The van der Waals surface area contributed by atoms with Crippen LogP contribution in [0.2, 0.25) is 5.02 Å². The normalized spacial score (nSPS) is 10.6. The largest absolute Gasteiger partial charge is 0.396 e. The summed E-state index contributed by atoms with van der Waals surface area (Å²) in [5, 5.41) is 7.50. The summed E-state index contributed by atoms with van der Waals surface area (Å²) in [6.07, 6.45) is 0. The zero-order valence-electron chi connectivity index (χ0n) is 11.1. The fraction of sp³-hybridized carbons (Fsp3) is 0.231. The van der Waals surface area contributed by atoms with Crippen molar-refractivity contribution >= 4 is 51.5 Å². The summed E-state index contributed by atoms with van der Waals surface area (Å²) in [4.78, 5) is 12.0. The second-order valence-electron chi connectivity index (χ2n) is 4.41. The SMILES string of the molecule is Cc1nn(CC(=O)Nc2ccc(I)cc2Cl)c(C)c1N. The third-order valence-electron chi connectivity index (χ3n) is 2.94. The van der Waals surface area contributed by atoms with Gasteiger partial charge in [0, 0.05) is 3.57 Å². The van der Waals surface area contributed by atoms with Crippen molar-refractivity contribution in [1.82, 2.24) is 9.78 Å². The first-order chi connectivity index (χ1) is 9.38. The zero-order chi connectivity index (χ0) is 14.9. The van der Waals surface area contributed by atoms with Crippen LogP contribution in [0.1, 0.15) is 11.4 Å². The number of nitrogens with zero attached hydrogens (tertiary/aromatic N) is 2. The van der Waals surface area contributed by atoms with Crippen molar-refractivity contribution in [2.45, 2.75) is 20.4 Å². The van der Waals surface area contributed by atoms with Gasteiger partial charge in [0.05, 0.1) is 27.8 Å². The van der Waals surface area contributed by atoms with Crippen LogP contribution in [-0.2, 0) is 11.3 Å². The summed E-state index contributed by atoms with van der Waals surface area (Å²) < 4.78 is 2.59. The standard InChI is InChI=1S/C13H14ClIN4O/c1-7-13(16)8(2)19(18-7)6-12(20)17-11-4-3-9(15)5-10(11)14/h3-5H,6,16H2,1-2H3,(H,17,20). The molecule has 20 heavy (non-hydrogen) atoms. The summed E-state index contributed by atoms with van der Waals surface area (Å²) in [6.45, 7) is 3.75. The quantitative estimate of drug-likeness (QED) is 0.773. The minimum Gasteiger partial charge on any atom is -0.396 e. The molecule has 0 radical (unpaired) electrons. The molecule has 5 nitrogen and oxygen atoms in total. The number of carbonyl (C=O) groups excluding carboxylic acids is 1. The van der Waals surface area contributed by atoms with E-state index in [0.29, 0.717) is 16.4 Å². The number of hydrogen-bond acceptors (Lipinski definition) is 3. The lowest BCUT2D eigenvalue weighted by molar-refractivity contribution is -0.116. The molecule has 106 valence electrons. The molecule has 1 amide bonds. The van der Waals surface area contributed by atoms with Crippen LogP contribution < -0.4 is 11.1 Å². The van der Waals surface area contributed by atoms with Crippen LogP contribution in [0.4, 0.5) is 11.4 Å². The molecule has 0 fully saturated rings. The summed E-state index contributed by atoms with van der Waals surface area (Å²) in [7, 11) is 0. The Bertz CT molecular complexity index is 669. The Morgan fingerprint density at radius 2 is 2.20 bits per heavy atom. The van der Waals surface area contributed by atoms with Crippen molar-refractivity contribution in [1.29, 1.82) is 0 Å². The number of rotatable bonds is 3. The Morgan fingerprint density at radius 3 is 2.75 bits per heavy atom. The first kappa shape index (κ1) is 15.1. The van der Waals surface area contributed by atoms with Gasteiger partial charge in [-0.2, -0.15) is 5.10 Å². The number of nitrogen functional groups attached to an aromatic ring is 1. The first-order valence-electron chi connectivity index (χ1n) is 5.93. The molecular formula is C13H14ClIN4O. The van der Waals surface area contributed by atoms with Crippen LogP contribution in [0.3, 0.4) is 0 Å². The lowest BCUT2D eigenvalue weighted by atomic mass is 10.3. The van der Waals surface area contributed by atoms with Crippen molar-refractivity contribution in [2.75, 3.05) is 11.1 Å². The van der Waals surface area contributed by atoms with E-state index in [9.17, 15) is 4.79 Å². The molecule has 0 bridgehead atoms. The van der Waals surface area contributed by atoms with E-state index in [0.717, 1.165) is 15.0 Å². The molecule has 3 N–H and O–H groups in total. The molecule has 0 aliphatic carbocycles. The third-order valence-corrected chi connectivity index (χ3v) is 3.92. The molecule has 2 rings (SSSR count).